The zero-order valence-electron chi connectivity index (χ0n) is 20.6. The predicted octanol–water partition coefficient (Wildman–Crippen LogP) is 3.78. The van der Waals surface area contributed by atoms with E-state index in [2.05, 4.69) is 9.88 Å². The Morgan fingerprint density at radius 2 is 1.80 bits per heavy atom. The number of hydrogen-bond donors (Lipinski definition) is 0. The van der Waals surface area contributed by atoms with E-state index in [0.717, 1.165) is 80.8 Å². The van der Waals surface area contributed by atoms with Crippen LogP contribution in [0.1, 0.15) is 63.1 Å². The number of nitrogens with zero attached hydrogens (tertiary/aromatic N) is 5. The number of rotatable bonds is 5. The molecule has 2 aliphatic heterocycles. The van der Waals surface area contributed by atoms with E-state index in [4.69, 9.17) is 14.7 Å². The summed E-state index contributed by atoms with van der Waals surface area (Å²) in [5.74, 6) is 1.79. The fourth-order valence-electron chi connectivity index (χ4n) is 5.65. The fraction of sp³-hybridized carbons (Fsp3) is 0.593. The summed E-state index contributed by atoms with van der Waals surface area (Å²) in [4.78, 5) is 44.2. The lowest BCUT2D eigenvalue weighted by molar-refractivity contribution is -0.148. The molecule has 3 aliphatic rings. The van der Waals surface area contributed by atoms with E-state index in [9.17, 15) is 9.59 Å². The minimum Gasteiger partial charge on any atom is -0.466 e. The Labute approximate surface area is 207 Å². The Morgan fingerprint density at radius 1 is 1.00 bits per heavy atom. The summed E-state index contributed by atoms with van der Waals surface area (Å²) in [5, 5.41) is 0. The normalized spacial score (nSPS) is 19.3. The number of pyridine rings is 1. The van der Waals surface area contributed by atoms with Crippen LogP contribution in [0.2, 0.25) is 0 Å². The summed E-state index contributed by atoms with van der Waals surface area (Å²) < 4.78 is 5.25. The number of esters is 1. The maximum absolute atomic E-state index is 13.3. The summed E-state index contributed by atoms with van der Waals surface area (Å²) in [5.41, 5.74) is 2.81. The Balaban J connectivity index is 1.42. The van der Waals surface area contributed by atoms with Gasteiger partial charge in [0, 0.05) is 43.7 Å². The van der Waals surface area contributed by atoms with Crippen LogP contribution in [0.25, 0.3) is 11.5 Å². The highest BCUT2D eigenvalue weighted by Gasteiger charge is 2.33. The zero-order chi connectivity index (χ0) is 24.2. The highest BCUT2D eigenvalue weighted by Crippen LogP contribution is 2.34. The Morgan fingerprint density at radius 3 is 2.51 bits per heavy atom. The van der Waals surface area contributed by atoms with Gasteiger partial charge in [-0.25, -0.2) is 9.97 Å². The molecular weight excluding hydrogens is 442 g/mol. The summed E-state index contributed by atoms with van der Waals surface area (Å²) in [7, 11) is 0. The third-order valence-corrected chi connectivity index (χ3v) is 7.61. The lowest BCUT2D eigenvalue weighted by atomic mass is 9.87. The van der Waals surface area contributed by atoms with Gasteiger partial charge in [0.1, 0.15) is 11.5 Å². The number of ether oxygens (including phenoxy) is 1. The van der Waals surface area contributed by atoms with Gasteiger partial charge in [0.25, 0.3) is 0 Å². The smallest absolute Gasteiger partial charge is 0.309 e. The average molecular weight is 478 g/mol. The molecule has 35 heavy (non-hydrogen) atoms. The Bertz CT molecular complexity index is 1050. The van der Waals surface area contributed by atoms with Gasteiger partial charge in [0.15, 0.2) is 5.82 Å². The second-order valence-electron chi connectivity index (χ2n) is 9.87. The first-order valence-electron chi connectivity index (χ1n) is 13.2. The van der Waals surface area contributed by atoms with E-state index in [1.807, 2.05) is 30.0 Å². The van der Waals surface area contributed by atoms with Crippen molar-refractivity contribution in [3.8, 4) is 11.5 Å². The molecule has 186 valence electrons. The Kier molecular flexibility index (Phi) is 7.25. The van der Waals surface area contributed by atoms with Crippen LogP contribution in [0.4, 0.5) is 5.82 Å². The van der Waals surface area contributed by atoms with Crippen molar-refractivity contribution in [1.82, 2.24) is 19.9 Å². The SMILES string of the molecule is CCOC(=O)C1CCN(c2nc(-c3ccccn3)nc3c2CN(C(=O)C2CCCCC2)CC3)CC1. The third-order valence-electron chi connectivity index (χ3n) is 7.61. The molecule has 1 saturated heterocycles. The quantitative estimate of drug-likeness (QED) is 0.606. The highest BCUT2D eigenvalue weighted by atomic mass is 16.5. The molecular formula is C27H35N5O3. The van der Waals surface area contributed by atoms with Crippen molar-refractivity contribution >= 4 is 17.7 Å². The number of carbonyl (C=O) groups is 2. The molecule has 1 aliphatic carbocycles. The van der Waals surface area contributed by atoms with Crippen LogP contribution in [0, 0.1) is 11.8 Å². The standard InChI is InChI=1S/C27H35N5O3/c1-2-35-27(34)20-11-15-31(16-12-20)25-21-18-32(26(33)19-8-4-3-5-9-19)17-13-22(21)29-24(30-25)23-10-6-7-14-28-23/h6-7,10,14,19-20H,2-5,8-9,11-13,15-18H2,1H3. The maximum atomic E-state index is 13.3. The van der Waals surface area contributed by atoms with Crippen molar-refractivity contribution in [2.75, 3.05) is 31.1 Å². The van der Waals surface area contributed by atoms with Crippen molar-refractivity contribution in [3.05, 3.63) is 35.7 Å². The number of piperidine rings is 1. The van der Waals surface area contributed by atoms with Crippen molar-refractivity contribution in [2.45, 2.75) is 64.8 Å². The van der Waals surface area contributed by atoms with E-state index in [0.29, 0.717) is 25.5 Å². The summed E-state index contributed by atoms with van der Waals surface area (Å²) >= 11 is 0. The van der Waals surface area contributed by atoms with Crippen LogP contribution < -0.4 is 4.90 Å². The molecule has 0 radical (unpaired) electrons. The van der Waals surface area contributed by atoms with Crippen LogP contribution in [0.3, 0.4) is 0 Å². The molecule has 2 aromatic heterocycles. The molecule has 8 heteroatoms. The topological polar surface area (TPSA) is 88.5 Å². The number of carbonyl (C=O) groups excluding carboxylic acids is 2. The largest absolute Gasteiger partial charge is 0.466 e. The van der Waals surface area contributed by atoms with E-state index < -0.39 is 0 Å². The monoisotopic (exact) mass is 477 g/mol. The van der Waals surface area contributed by atoms with E-state index in [-0.39, 0.29) is 23.7 Å². The minimum absolute atomic E-state index is 0.0662. The zero-order valence-corrected chi connectivity index (χ0v) is 20.6. The number of amides is 1. The lowest BCUT2D eigenvalue weighted by Crippen LogP contribution is -2.43. The van der Waals surface area contributed by atoms with Crippen LogP contribution >= 0.6 is 0 Å². The third kappa shape index (κ3) is 5.16. The van der Waals surface area contributed by atoms with Gasteiger partial charge in [-0.3, -0.25) is 14.6 Å². The van der Waals surface area contributed by atoms with E-state index in [1.165, 1.54) is 6.42 Å². The summed E-state index contributed by atoms with van der Waals surface area (Å²) in [6.45, 7) is 4.97. The average Bonchev–Trinajstić information content (AvgIpc) is 2.93. The van der Waals surface area contributed by atoms with Crippen LogP contribution in [0.5, 0.6) is 0 Å². The number of aromatic nitrogens is 3. The predicted molar refractivity (Wildman–Crippen MR) is 133 cm³/mol. The van der Waals surface area contributed by atoms with Gasteiger partial charge in [0.2, 0.25) is 5.91 Å². The molecule has 0 bridgehead atoms. The van der Waals surface area contributed by atoms with E-state index in [1.54, 1.807) is 6.20 Å². The molecule has 5 rings (SSSR count). The van der Waals surface area contributed by atoms with Gasteiger partial charge < -0.3 is 14.5 Å². The minimum atomic E-state index is -0.102. The highest BCUT2D eigenvalue weighted by molar-refractivity contribution is 5.79. The first-order chi connectivity index (χ1) is 17.1. The van der Waals surface area contributed by atoms with Crippen molar-refractivity contribution in [1.29, 1.82) is 0 Å². The van der Waals surface area contributed by atoms with Gasteiger partial charge >= 0.3 is 5.97 Å². The molecule has 0 atom stereocenters. The van der Waals surface area contributed by atoms with Gasteiger partial charge in [-0.2, -0.15) is 0 Å². The number of anilines is 1. The second kappa shape index (κ2) is 10.7. The van der Waals surface area contributed by atoms with E-state index >= 15 is 0 Å². The number of hydrogen-bond acceptors (Lipinski definition) is 7. The maximum Gasteiger partial charge on any atom is 0.309 e. The fourth-order valence-corrected chi connectivity index (χ4v) is 5.65. The van der Waals surface area contributed by atoms with Crippen molar-refractivity contribution in [3.63, 3.8) is 0 Å². The van der Waals surface area contributed by atoms with Crippen LogP contribution in [-0.2, 0) is 27.3 Å². The summed E-state index contributed by atoms with van der Waals surface area (Å²) in [6.07, 6.45) is 9.51. The molecule has 2 aromatic rings. The van der Waals surface area contributed by atoms with Gasteiger partial charge in [0.05, 0.1) is 24.8 Å². The molecule has 0 aromatic carbocycles. The van der Waals surface area contributed by atoms with Crippen LogP contribution in [-0.4, -0.2) is 58.0 Å². The van der Waals surface area contributed by atoms with Gasteiger partial charge in [-0.15, -0.1) is 0 Å². The molecule has 0 spiro atoms. The van der Waals surface area contributed by atoms with Crippen LogP contribution in [0.15, 0.2) is 24.4 Å². The molecule has 1 amide bonds. The molecule has 0 N–H and O–H groups in total. The first kappa shape index (κ1) is 23.7. The van der Waals surface area contributed by atoms with Gasteiger partial charge in [-0.05, 0) is 44.7 Å². The second-order valence-corrected chi connectivity index (χ2v) is 9.87. The molecule has 0 unspecified atom stereocenters. The van der Waals surface area contributed by atoms with Crippen molar-refractivity contribution < 1.29 is 14.3 Å². The number of fused-ring (bicyclic) bond motifs is 1. The lowest BCUT2D eigenvalue weighted by Gasteiger charge is -2.37. The van der Waals surface area contributed by atoms with Gasteiger partial charge in [-0.1, -0.05) is 25.3 Å². The molecule has 2 fully saturated rings. The molecule has 8 nitrogen and oxygen atoms in total. The molecule has 4 heterocycles. The molecule has 1 saturated carbocycles. The Hall–Kier alpha value is -3.03. The summed E-state index contributed by atoms with van der Waals surface area (Å²) in [6, 6.07) is 5.76. The van der Waals surface area contributed by atoms with Crippen molar-refractivity contribution in [2.24, 2.45) is 11.8 Å². The first-order valence-corrected chi connectivity index (χ1v) is 13.2.